The number of rotatable bonds is 2. The van der Waals surface area contributed by atoms with Crippen molar-refractivity contribution in [1.82, 2.24) is 9.55 Å². The zero-order chi connectivity index (χ0) is 20.2. The molecular formula is C24H18ClN3OS. The minimum Gasteiger partial charge on any atom is -0.329 e. The standard InChI is InChI=1S/C24H18ClN3OS/c25-16-6-3-5-14(11-16)23-22-18(12-15(13-20(22)29)21-9-4-10-30-21)27-24-26-17-7-1-2-8-19(17)28(23)24/h1-11,15,23H,12-13H2,(H,26,27)/t15-,23+/m1/s1. The molecule has 4 aromatic rings. The van der Waals surface area contributed by atoms with E-state index in [0.717, 1.165) is 40.2 Å². The summed E-state index contributed by atoms with van der Waals surface area (Å²) >= 11 is 8.06. The first kappa shape index (κ1) is 17.9. The molecule has 4 nitrogen and oxygen atoms in total. The number of ketones is 1. The van der Waals surface area contributed by atoms with Crippen molar-refractivity contribution in [2.75, 3.05) is 5.32 Å². The Labute approximate surface area is 182 Å². The van der Waals surface area contributed by atoms with Gasteiger partial charge in [0, 0.05) is 33.5 Å². The normalized spacial score (nSPS) is 20.8. The van der Waals surface area contributed by atoms with Gasteiger partial charge in [0.2, 0.25) is 5.95 Å². The van der Waals surface area contributed by atoms with Gasteiger partial charge < -0.3 is 5.32 Å². The summed E-state index contributed by atoms with van der Waals surface area (Å²) in [5.74, 6) is 1.18. The lowest BCUT2D eigenvalue weighted by molar-refractivity contribution is -0.116. The zero-order valence-corrected chi connectivity index (χ0v) is 17.6. The molecule has 1 aliphatic heterocycles. The van der Waals surface area contributed by atoms with Crippen molar-refractivity contribution in [2.45, 2.75) is 24.8 Å². The third-order valence-corrected chi connectivity index (χ3v) is 7.28. The second-order valence-corrected chi connectivity index (χ2v) is 9.23. The second kappa shape index (κ2) is 6.83. The minimum absolute atomic E-state index is 0.190. The maximum absolute atomic E-state index is 13.5. The Kier molecular flexibility index (Phi) is 4.08. The summed E-state index contributed by atoms with van der Waals surface area (Å²) < 4.78 is 2.14. The summed E-state index contributed by atoms with van der Waals surface area (Å²) in [6.45, 7) is 0. The monoisotopic (exact) mass is 431 g/mol. The number of fused-ring (bicyclic) bond motifs is 3. The Balaban J connectivity index is 1.56. The number of para-hydroxylation sites is 2. The lowest BCUT2D eigenvalue weighted by Crippen LogP contribution is -2.33. The van der Waals surface area contributed by atoms with E-state index in [1.165, 1.54) is 4.88 Å². The van der Waals surface area contributed by atoms with Crippen molar-refractivity contribution in [3.63, 3.8) is 0 Å². The first-order valence-corrected chi connectivity index (χ1v) is 11.2. The van der Waals surface area contributed by atoms with Gasteiger partial charge in [-0.1, -0.05) is 41.9 Å². The molecule has 30 heavy (non-hydrogen) atoms. The molecule has 2 aliphatic rings. The maximum atomic E-state index is 13.5. The summed E-state index contributed by atoms with van der Waals surface area (Å²) in [5, 5.41) is 6.25. The van der Waals surface area contributed by atoms with Crippen LogP contribution < -0.4 is 5.32 Å². The van der Waals surface area contributed by atoms with E-state index < -0.39 is 0 Å². The predicted octanol–water partition coefficient (Wildman–Crippen LogP) is 6.17. The smallest absolute Gasteiger partial charge is 0.209 e. The van der Waals surface area contributed by atoms with Crippen LogP contribution in [0.25, 0.3) is 11.0 Å². The highest BCUT2D eigenvalue weighted by atomic mass is 35.5. The molecule has 0 amide bonds. The van der Waals surface area contributed by atoms with Crippen LogP contribution in [0, 0.1) is 0 Å². The minimum atomic E-state index is -0.237. The highest BCUT2D eigenvalue weighted by Crippen LogP contribution is 2.46. The van der Waals surface area contributed by atoms with Gasteiger partial charge in [-0.25, -0.2) is 4.98 Å². The number of hydrogen-bond acceptors (Lipinski definition) is 4. The average molecular weight is 432 g/mol. The third kappa shape index (κ3) is 2.73. The first-order chi connectivity index (χ1) is 14.7. The van der Waals surface area contributed by atoms with Crippen molar-refractivity contribution in [1.29, 1.82) is 0 Å². The van der Waals surface area contributed by atoms with Crippen molar-refractivity contribution >= 4 is 45.7 Å². The second-order valence-electron chi connectivity index (χ2n) is 7.81. The lowest BCUT2D eigenvalue weighted by atomic mass is 9.80. The molecule has 2 aromatic carbocycles. The number of Topliss-reactive ketones (excluding diaryl/α,β-unsaturated/α-hetero) is 1. The molecular weight excluding hydrogens is 414 g/mol. The lowest BCUT2D eigenvalue weighted by Gasteiger charge is -2.36. The van der Waals surface area contributed by atoms with E-state index >= 15 is 0 Å². The Hall–Kier alpha value is -2.89. The van der Waals surface area contributed by atoms with Gasteiger partial charge in [-0.2, -0.15) is 0 Å². The Morgan fingerprint density at radius 2 is 1.97 bits per heavy atom. The summed E-state index contributed by atoms with van der Waals surface area (Å²) in [7, 11) is 0. The van der Waals surface area contributed by atoms with Crippen LogP contribution in [0.3, 0.4) is 0 Å². The van der Waals surface area contributed by atoms with Crippen LogP contribution in [-0.4, -0.2) is 15.3 Å². The van der Waals surface area contributed by atoms with E-state index in [1.807, 2.05) is 42.5 Å². The molecule has 2 aromatic heterocycles. The van der Waals surface area contributed by atoms with Crippen LogP contribution >= 0.6 is 22.9 Å². The molecule has 0 saturated heterocycles. The fourth-order valence-electron chi connectivity index (χ4n) is 4.74. The van der Waals surface area contributed by atoms with Crippen LogP contribution in [0.5, 0.6) is 0 Å². The number of imidazole rings is 1. The number of nitrogens with zero attached hydrogens (tertiary/aromatic N) is 2. The summed E-state index contributed by atoms with van der Waals surface area (Å²) in [6, 6.07) is 19.8. The van der Waals surface area contributed by atoms with Crippen molar-refractivity contribution in [2.24, 2.45) is 0 Å². The Bertz CT molecular complexity index is 1320. The molecule has 3 heterocycles. The van der Waals surface area contributed by atoms with E-state index in [4.69, 9.17) is 16.6 Å². The van der Waals surface area contributed by atoms with Gasteiger partial charge in [-0.15, -0.1) is 11.3 Å². The van der Waals surface area contributed by atoms with Gasteiger partial charge in [0.15, 0.2) is 5.78 Å². The number of carbonyl (C=O) groups is 1. The molecule has 0 unspecified atom stereocenters. The quantitative estimate of drug-likeness (QED) is 0.413. The van der Waals surface area contributed by atoms with Crippen LogP contribution in [0.4, 0.5) is 5.95 Å². The van der Waals surface area contributed by atoms with Crippen molar-refractivity contribution in [3.05, 3.63) is 92.8 Å². The number of anilines is 1. The van der Waals surface area contributed by atoms with Crippen LogP contribution in [0.2, 0.25) is 5.02 Å². The summed E-state index contributed by atoms with van der Waals surface area (Å²) in [5.41, 5.74) is 4.74. The number of aromatic nitrogens is 2. The molecule has 1 N–H and O–H groups in total. The molecule has 2 atom stereocenters. The number of nitrogens with one attached hydrogen (secondary N) is 1. The topological polar surface area (TPSA) is 46.9 Å². The average Bonchev–Trinajstić information content (AvgIpc) is 3.40. The number of thiophene rings is 1. The van der Waals surface area contributed by atoms with E-state index in [0.29, 0.717) is 11.4 Å². The molecule has 0 bridgehead atoms. The number of benzene rings is 2. The fourth-order valence-corrected chi connectivity index (χ4v) is 5.77. The van der Waals surface area contributed by atoms with Gasteiger partial charge in [0.05, 0.1) is 17.1 Å². The zero-order valence-electron chi connectivity index (χ0n) is 16.0. The molecule has 0 radical (unpaired) electrons. The molecule has 0 fully saturated rings. The van der Waals surface area contributed by atoms with Gasteiger partial charge >= 0.3 is 0 Å². The third-order valence-electron chi connectivity index (χ3n) is 6.01. The van der Waals surface area contributed by atoms with Gasteiger partial charge in [-0.3, -0.25) is 9.36 Å². The predicted molar refractivity (Wildman–Crippen MR) is 121 cm³/mol. The fraction of sp³-hybridized carbons (Fsp3) is 0.167. The van der Waals surface area contributed by atoms with Crippen LogP contribution in [0.1, 0.15) is 35.2 Å². The molecule has 148 valence electrons. The van der Waals surface area contributed by atoms with E-state index in [1.54, 1.807) is 11.3 Å². The molecule has 6 heteroatoms. The van der Waals surface area contributed by atoms with Crippen LogP contribution in [0.15, 0.2) is 77.3 Å². The Morgan fingerprint density at radius 3 is 2.80 bits per heavy atom. The molecule has 6 rings (SSSR count). The maximum Gasteiger partial charge on any atom is 0.209 e. The number of carbonyl (C=O) groups excluding carboxylic acids is 1. The van der Waals surface area contributed by atoms with Crippen LogP contribution in [-0.2, 0) is 4.79 Å². The van der Waals surface area contributed by atoms with Gasteiger partial charge in [-0.05, 0) is 47.7 Å². The first-order valence-electron chi connectivity index (χ1n) is 9.98. The largest absolute Gasteiger partial charge is 0.329 e. The van der Waals surface area contributed by atoms with E-state index in [-0.39, 0.29) is 17.7 Å². The summed E-state index contributed by atoms with van der Waals surface area (Å²) in [4.78, 5) is 19.6. The van der Waals surface area contributed by atoms with E-state index in [9.17, 15) is 4.79 Å². The molecule has 1 aliphatic carbocycles. The van der Waals surface area contributed by atoms with Crippen molar-refractivity contribution in [3.8, 4) is 0 Å². The Morgan fingerprint density at radius 1 is 1.07 bits per heavy atom. The molecule has 0 saturated carbocycles. The number of halogens is 1. The summed E-state index contributed by atoms with van der Waals surface area (Å²) in [6.07, 6.45) is 1.34. The van der Waals surface area contributed by atoms with E-state index in [2.05, 4.69) is 33.5 Å². The van der Waals surface area contributed by atoms with Gasteiger partial charge in [0.25, 0.3) is 0 Å². The SMILES string of the molecule is O=C1C[C@H](c2cccs2)CC2=C1[C@H](c1cccc(Cl)c1)n1c(nc3ccccc31)N2. The number of allylic oxidation sites excluding steroid dienone is 2. The molecule has 0 spiro atoms. The highest BCUT2D eigenvalue weighted by molar-refractivity contribution is 7.10. The number of hydrogen-bond donors (Lipinski definition) is 1. The highest BCUT2D eigenvalue weighted by Gasteiger charge is 2.39. The van der Waals surface area contributed by atoms with Gasteiger partial charge in [0.1, 0.15) is 0 Å². The van der Waals surface area contributed by atoms with Crippen molar-refractivity contribution < 1.29 is 4.79 Å².